The summed E-state index contributed by atoms with van der Waals surface area (Å²) in [6, 6.07) is 21.8. The average molecular weight is 785 g/mol. The number of hydrogen-bond donors (Lipinski definition) is 5. The van der Waals surface area contributed by atoms with Crippen LogP contribution < -0.4 is 21.3 Å². The molecule has 0 aliphatic heterocycles. The molecule has 11 nitrogen and oxygen atoms in total. The molecule has 0 saturated carbocycles. The highest BCUT2D eigenvalue weighted by Gasteiger charge is 2.51. The minimum Gasteiger partial charge on any atom is -0.385 e. The lowest BCUT2D eigenvalue weighted by Crippen LogP contribution is -2.64. The number of hydrogen-bond acceptors (Lipinski definition) is 7. The van der Waals surface area contributed by atoms with Gasteiger partial charge in [0.2, 0.25) is 23.6 Å². The molecular formula is C44H54F2N6O5. The maximum absolute atomic E-state index is 17.0. The van der Waals surface area contributed by atoms with Crippen LogP contribution in [0.2, 0.25) is 0 Å². The third-order valence-electron chi connectivity index (χ3n) is 9.67. The summed E-state index contributed by atoms with van der Waals surface area (Å²) >= 11 is 0. The minimum atomic E-state index is -4.03. The quantitative estimate of drug-likeness (QED) is 0.0813. The molecule has 5 N–H and O–H groups in total. The molecule has 2 heterocycles. The number of aliphatic hydroxyl groups is 1. The maximum atomic E-state index is 17.0. The molecule has 0 unspecified atom stereocenters. The Kier molecular flexibility index (Phi) is 16.8. The maximum Gasteiger partial charge on any atom is 0.295 e. The van der Waals surface area contributed by atoms with E-state index in [0.717, 1.165) is 0 Å². The van der Waals surface area contributed by atoms with Crippen molar-refractivity contribution >= 4 is 23.6 Å². The van der Waals surface area contributed by atoms with Crippen LogP contribution in [-0.4, -0.2) is 74.9 Å². The van der Waals surface area contributed by atoms with Crippen LogP contribution in [0.4, 0.5) is 8.78 Å². The highest BCUT2D eigenvalue weighted by molar-refractivity contribution is 5.89. The summed E-state index contributed by atoms with van der Waals surface area (Å²) in [5.41, 5.74) is 2.42. The number of amides is 4. The van der Waals surface area contributed by atoms with Gasteiger partial charge in [-0.1, -0.05) is 100 Å². The number of nitrogens with one attached hydrogen (secondary N) is 4. The van der Waals surface area contributed by atoms with Crippen LogP contribution in [0.1, 0.15) is 63.1 Å². The van der Waals surface area contributed by atoms with Crippen molar-refractivity contribution in [3.05, 3.63) is 132 Å². The molecule has 2 aromatic carbocycles. The first-order valence-corrected chi connectivity index (χ1v) is 19.4. The number of aryl methyl sites for hydroxylation is 2. The predicted octanol–water partition coefficient (Wildman–Crippen LogP) is 4.77. The number of nitrogens with zero attached hydrogens (tertiary/aromatic N) is 2. The van der Waals surface area contributed by atoms with E-state index in [1.165, 1.54) is 0 Å². The van der Waals surface area contributed by atoms with Gasteiger partial charge in [0, 0.05) is 36.6 Å². The zero-order valence-corrected chi connectivity index (χ0v) is 32.9. The van der Waals surface area contributed by atoms with E-state index in [4.69, 9.17) is 0 Å². The van der Waals surface area contributed by atoms with Crippen LogP contribution in [0.5, 0.6) is 0 Å². The average Bonchev–Trinajstić information content (AvgIpc) is 3.20. The smallest absolute Gasteiger partial charge is 0.295 e. The Bertz CT molecular complexity index is 1850. The van der Waals surface area contributed by atoms with Crippen LogP contribution in [0, 0.1) is 11.8 Å². The Balaban J connectivity index is 1.57. The Morgan fingerprint density at radius 3 is 1.44 bits per heavy atom. The van der Waals surface area contributed by atoms with Crippen molar-refractivity contribution in [1.29, 1.82) is 0 Å². The van der Waals surface area contributed by atoms with E-state index >= 15 is 8.78 Å². The topological polar surface area (TPSA) is 162 Å². The van der Waals surface area contributed by atoms with Crippen LogP contribution in [0.15, 0.2) is 109 Å². The fourth-order valence-electron chi connectivity index (χ4n) is 6.39. The molecule has 4 rings (SSSR count). The molecular weight excluding hydrogens is 731 g/mol. The molecule has 4 amide bonds. The zero-order chi connectivity index (χ0) is 41.4. The lowest BCUT2D eigenvalue weighted by Gasteiger charge is -2.37. The van der Waals surface area contributed by atoms with Crippen LogP contribution >= 0.6 is 0 Å². The van der Waals surface area contributed by atoms with Crippen LogP contribution in [-0.2, 0) is 44.9 Å². The molecule has 0 spiro atoms. The van der Waals surface area contributed by atoms with E-state index in [1.54, 1.807) is 137 Å². The van der Waals surface area contributed by atoms with Gasteiger partial charge in [0.15, 0.2) is 0 Å². The second-order valence-corrected chi connectivity index (χ2v) is 14.9. The van der Waals surface area contributed by atoms with E-state index in [0.29, 0.717) is 35.4 Å². The number of benzene rings is 2. The molecule has 5 atom stereocenters. The van der Waals surface area contributed by atoms with Crippen LogP contribution in [0.3, 0.4) is 0 Å². The van der Waals surface area contributed by atoms with Gasteiger partial charge in [-0.05, 0) is 72.9 Å². The van der Waals surface area contributed by atoms with Crippen molar-refractivity contribution in [3.63, 3.8) is 0 Å². The molecule has 304 valence electrons. The Morgan fingerprint density at radius 2 is 1.02 bits per heavy atom. The molecule has 0 bridgehead atoms. The number of aliphatic hydroxyl groups excluding tert-OH is 1. The molecule has 0 saturated heterocycles. The van der Waals surface area contributed by atoms with E-state index in [1.807, 2.05) is 0 Å². The van der Waals surface area contributed by atoms with Crippen molar-refractivity contribution in [3.8, 4) is 0 Å². The van der Waals surface area contributed by atoms with Crippen LogP contribution in [0.25, 0.3) is 0 Å². The van der Waals surface area contributed by atoms with Gasteiger partial charge >= 0.3 is 0 Å². The molecule has 4 aromatic rings. The summed E-state index contributed by atoms with van der Waals surface area (Å²) < 4.78 is 34.0. The fraction of sp³-hybridized carbons (Fsp3) is 0.409. The number of rotatable bonds is 21. The van der Waals surface area contributed by atoms with Gasteiger partial charge in [0.05, 0.1) is 12.1 Å². The Labute approximate surface area is 333 Å². The second kappa shape index (κ2) is 21.7. The van der Waals surface area contributed by atoms with Gasteiger partial charge in [-0.3, -0.25) is 29.1 Å². The van der Waals surface area contributed by atoms with Gasteiger partial charge in [-0.15, -0.1) is 0 Å². The van der Waals surface area contributed by atoms with Gasteiger partial charge < -0.3 is 26.4 Å². The molecule has 0 aliphatic rings. The van der Waals surface area contributed by atoms with Crippen molar-refractivity contribution < 1.29 is 33.1 Å². The van der Waals surface area contributed by atoms with E-state index in [9.17, 15) is 24.3 Å². The third-order valence-corrected chi connectivity index (χ3v) is 9.67. The number of pyridine rings is 2. The highest BCUT2D eigenvalue weighted by atomic mass is 19.3. The summed E-state index contributed by atoms with van der Waals surface area (Å²) in [5, 5.41) is 22.2. The highest BCUT2D eigenvalue weighted by Crippen LogP contribution is 2.30. The van der Waals surface area contributed by atoms with E-state index in [2.05, 4.69) is 31.2 Å². The Morgan fingerprint density at radius 1 is 0.596 bits per heavy atom. The summed E-state index contributed by atoms with van der Waals surface area (Å²) in [6.07, 6.45) is 0.896. The standard InChI is InChI=1S/C44H54F2N6O5/c1-29(2)39(51-37(53)23-21-33-19-11-13-25-47-33)42(56)49-35(27-31-15-7-5-8-16-31)41(55)44(45,46)36(28-32-17-9-6-10-18-32)50-43(57)40(30(3)4)52-38(54)24-22-34-20-12-14-26-48-34/h5-20,25-26,29-30,35-36,39-41,55H,21-24,27-28H2,1-4H3,(H,49,56)(H,50,57)(H,51,53)(H,52,54)/t35-,36-,39-,40-,41+/m0/s1. The number of aromatic nitrogens is 2. The first-order valence-electron chi connectivity index (χ1n) is 19.4. The van der Waals surface area contributed by atoms with Gasteiger partial charge in [-0.2, -0.15) is 0 Å². The van der Waals surface area contributed by atoms with Crippen molar-refractivity contribution in [2.45, 2.75) is 102 Å². The minimum absolute atomic E-state index is 0.0265. The molecule has 13 heteroatoms. The molecule has 0 radical (unpaired) electrons. The normalized spacial score (nSPS) is 14.2. The first-order chi connectivity index (χ1) is 27.2. The monoisotopic (exact) mass is 784 g/mol. The van der Waals surface area contributed by atoms with Gasteiger partial charge in [0.25, 0.3) is 5.92 Å². The SMILES string of the molecule is CC(C)[C@H](NC(=O)CCc1ccccn1)C(=O)N[C@@H](Cc1ccccc1)[C@@H](O)C(F)(F)[C@H](Cc1ccccc1)NC(=O)[C@@H](NC(=O)CCc1ccccn1)C(C)C. The summed E-state index contributed by atoms with van der Waals surface area (Å²) in [5.74, 6) is -7.40. The number of halogens is 2. The second-order valence-electron chi connectivity index (χ2n) is 14.9. The summed E-state index contributed by atoms with van der Waals surface area (Å²) in [7, 11) is 0. The lowest BCUT2D eigenvalue weighted by atomic mass is 9.89. The third kappa shape index (κ3) is 13.9. The van der Waals surface area contributed by atoms with E-state index < -0.39 is 71.7 Å². The number of carbonyl (C=O) groups is 4. The zero-order valence-electron chi connectivity index (χ0n) is 32.9. The number of alkyl halides is 2. The molecule has 57 heavy (non-hydrogen) atoms. The van der Waals surface area contributed by atoms with E-state index in [-0.39, 0.29) is 25.7 Å². The summed E-state index contributed by atoms with van der Waals surface area (Å²) in [4.78, 5) is 62.1. The van der Waals surface area contributed by atoms with Crippen molar-refractivity contribution in [2.24, 2.45) is 11.8 Å². The summed E-state index contributed by atoms with van der Waals surface area (Å²) in [6.45, 7) is 6.82. The van der Waals surface area contributed by atoms with Crippen molar-refractivity contribution in [2.75, 3.05) is 0 Å². The molecule has 0 aliphatic carbocycles. The molecule has 2 aromatic heterocycles. The lowest BCUT2D eigenvalue weighted by molar-refractivity contribution is -0.155. The van der Waals surface area contributed by atoms with Gasteiger partial charge in [0.1, 0.15) is 18.2 Å². The molecule has 0 fully saturated rings. The largest absolute Gasteiger partial charge is 0.385 e. The first kappa shape index (κ1) is 44.2. The predicted molar refractivity (Wildman–Crippen MR) is 214 cm³/mol. The fourth-order valence-corrected chi connectivity index (χ4v) is 6.39. The number of carbonyl (C=O) groups excluding carboxylic acids is 4. The van der Waals surface area contributed by atoms with Gasteiger partial charge in [-0.25, -0.2) is 8.78 Å². The van der Waals surface area contributed by atoms with Crippen molar-refractivity contribution in [1.82, 2.24) is 31.2 Å². The Hall–Kier alpha value is -5.56.